The molecule has 5 rings (SSSR count). The highest BCUT2D eigenvalue weighted by Crippen LogP contribution is 2.52. The Morgan fingerprint density at radius 3 is 2.94 bits per heavy atom. The van der Waals surface area contributed by atoms with Gasteiger partial charge in [-0.05, 0) is 29.3 Å². The lowest BCUT2D eigenvalue weighted by Crippen LogP contribution is -2.43. The van der Waals surface area contributed by atoms with Crippen molar-refractivity contribution in [2.45, 2.75) is 24.8 Å². The maximum absolute atomic E-state index is 13.3. The number of likely N-dealkylation sites (tertiary alicyclic amines) is 1. The summed E-state index contributed by atoms with van der Waals surface area (Å²) in [7, 11) is 1.61. The fourth-order valence-electron chi connectivity index (χ4n) is 4.93. The Morgan fingerprint density at radius 1 is 1.29 bits per heavy atom. The molecule has 31 heavy (non-hydrogen) atoms. The summed E-state index contributed by atoms with van der Waals surface area (Å²) in [4.78, 5) is 28.2. The van der Waals surface area contributed by atoms with Crippen molar-refractivity contribution >= 4 is 23.4 Å². The molecule has 0 radical (unpaired) electrons. The summed E-state index contributed by atoms with van der Waals surface area (Å²) in [5.74, 6) is -0.557. The number of rotatable bonds is 6. The van der Waals surface area contributed by atoms with Crippen molar-refractivity contribution in [3.8, 4) is 5.75 Å². The first kappa shape index (κ1) is 20.1. The first-order valence-corrected chi connectivity index (χ1v) is 10.7. The quantitative estimate of drug-likeness (QED) is 0.704. The van der Waals surface area contributed by atoms with Crippen LogP contribution in [0.3, 0.4) is 0 Å². The molecule has 2 aromatic carbocycles. The van der Waals surface area contributed by atoms with Gasteiger partial charge in [-0.3, -0.25) is 9.59 Å². The number of hydrogen-bond donors (Lipinski definition) is 1. The van der Waals surface area contributed by atoms with E-state index in [1.165, 1.54) is 0 Å². The predicted octanol–water partition coefficient (Wildman–Crippen LogP) is 2.95. The van der Waals surface area contributed by atoms with Crippen molar-refractivity contribution in [2.24, 2.45) is 11.8 Å². The number of benzene rings is 2. The summed E-state index contributed by atoms with van der Waals surface area (Å²) in [6, 6.07) is 15.0. The normalized spacial score (nSPS) is 28.1. The minimum atomic E-state index is -0.735. The van der Waals surface area contributed by atoms with Crippen LogP contribution < -0.4 is 10.1 Å². The summed E-state index contributed by atoms with van der Waals surface area (Å²) < 4.78 is 11.4. The minimum Gasteiger partial charge on any atom is -0.497 e. The Kier molecular flexibility index (Phi) is 4.99. The fourth-order valence-corrected chi connectivity index (χ4v) is 5.13. The van der Waals surface area contributed by atoms with E-state index in [1.807, 2.05) is 60.7 Å². The van der Waals surface area contributed by atoms with Gasteiger partial charge < -0.3 is 19.7 Å². The molecule has 4 atom stereocenters. The first-order chi connectivity index (χ1) is 15.0. The molecule has 3 aliphatic rings. The number of fused-ring (bicyclic) bond motifs is 1. The van der Waals surface area contributed by atoms with Crippen LogP contribution in [0, 0.1) is 11.8 Å². The third kappa shape index (κ3) is 3.40. The predicted molar refractivity (Wildman–Crippen MR) is 115 cm³/mol. The summed E-state index contributed by atoms with van der Waals surface area (Å²) >= 11 is 6.29. The van der Waals surface area contributed by atoms with E-state index in [0.717, 1.165) is 16.9 Å². The van der Waals surface area contributed by atoms with E-state index >= 15 is 0 Å². The van der Waals surface area contributed by atoms with E-state index in [4.69, 9.17) is 21.1 Å². The molecule has 160 valence electrons. The van der Waals surface area contributed by atoms with Crippen molar-refractivity contribution < 1.29 is 19.1 Å². The maximum atomic E-state index is 13.3. The number of halogens is 1. The second kappa shape index (κ2) is 7.70. The standard InChI is InChI=1S/C24H23ClN2O4/c1-30-17-7-4-5-15(11-17)12-26-22(28)20-19-9-10-24(31-19)14-27(23(29)21(20)24)13-16-6-2-3-8-18(16)25/h2-11,19-21H,12-14H2,1H3,(H,26,28)/t19-,20?,21-,24?/m0/s1. The van der Waals surface area contributed by atoms with Crippen LogP contribution >= 0.6 is 11.6 Å². The molecule has 2 unspecified atom stereocenters. The smallest absolute Gasteiger partial charge is 0.230 e. The van der Waals surface area contributed by atoms with E-state index in [-0.39, 0.29) is 17.9 Å². The van der Waals surface area contributed by atoms with Crippen LogP contribution in [0.25, 0.3) is 0 Å². The number of ether oxygens (including phenoxy) is 2. The largest absolute Gasteiger partial charge is 0.497 e. The van der Waals surface area contributed by atoms with Gasteiger partial charge in [0.1, 0.15) is 11.4 Å². The second-order valence-electron chi connectivity index (χ2n) is 8.26. The van der Waals surface area contributed by atoms with Crippen LogP contribution in [-0.2, 0) is 27.4 Å². The Balaban J connectivity index is 1.32. The van der Waals surface area contributed by atoms with Crippen molar-refractivity contribution in [3.05, 3.63) is 76.8 Å². The van der Waals surface area contributed by atoms with Gasteiger partial charge in [-0.1, -0.05) is 54.1 Å². The molecule has 6 nitrogen and oxygen atoms in total. The summed E-state index contributed by atoms with van der Waals surface area (Å²) in [5.41, 5.74) is 1.08. The molecule has 2 aromatic rings. The van der Waals surface area contributed by atoms with E-state index in [0.29, 0.717) is 24.7 Å². The Morgan fingerprint density at radius 2 is 2.13 bits per heavy atom. The molecule has 1 N–H and O–H groups in total. The average Bonchev–Trinajstić information content (AvgIpc) is 3.42. The molecular weight excluding hydrogens is 416 g/mol. The summed E-state index contributed by atoms with van der Waals surface area (Å²) in [6.07, 6.45) is 3.50. The highest BCUT2D eigenvalue weighted by Gasteiger charge is 2.66. The molecule has 2 amide bonds. The number of carbonyl (C=O) groups excluding carboxylic acids is 2. The van der Waals surface area contributed by atoms with Crippen LogP contribution in [0.4, 0.5) is 0 Å². The molecule has 3 heterocycles. The number of nitrogens with zero attached hydrogens (tertiary/aromatic N) is 1. The van der Waals surface area contributed by atoms with Crippen molar-refractivity contribution in [2.75, 3.05) is 13.7 Å². The van der Waals surface area contributed by atoms with Gasteiger partial charge in [0.25, 0.3) is 0 Å². The lowest BCUT2D eigenvalue weighted by atomic mass is 9.77. The number of amides is 2. The van der Waals surface area contributed by atoms with Crippen LogP contribution in [0.1, 0.15) is 11.1 Å². The zero-order chi connectivity index (χ0) is 21.6. The second-order valence-corrected chi connectivity index (χ2v) is 8.66. The molecule has 7 heteroatoms. The molecule has 3 aliphatic heterocycles. The van der Waals surface area contributed by atoms with Gasteiger partial charge in [-0.2, -0.15) is 0 Å². The molecule has 1 spiro atoms. The van der Waals surface area contributed by atoms with Gasteiger partial charge in [0, 0.05) is 18.1 Å². The van der Waals surface area contributed by atoms with Crippen molar-refractivity contribution in [3.63, 3.8) is 0 Å². The van der Waals surface area contributed by atoms with Gasteiger partial charge in [0.15, 0.2) is 0 Å². The van der Waals surface area contributed by atoms with E-state index in [1.54, 1.807) is 12.0 Å². The third-order valence-corrected chi connectivity index (χ3v) is 6.77. The maximum Gasteiger partial charge on any atom is 0.230 e. The number of carbonyl (C=O) groups is 2. The zero-order valence-electron chi connectivity index (χ0n) is 17.1. The van der Waals surface area contributed by atoms with Crippen LogP contribution in [0.5, 0.6) is 5.75 Å². The molecule has 0 aliphatic carbocycles. The number of methoxy groups -OCH3 is 1. The Labute approximate surface area is 185 Å². The minimum absolute atomic E-state index is 0.0618. The Bertz CT molecular complexity index is 1070. The third-order valence-electron chi connectivity index (χ3n) is 6.40. The van der Waals surface area contributed by atoms with E-state index < -0.39 is 17.4 Å². The molecule has 0 aromatic heterocycles. The van der Waals surface area contributed by atoms with Crippen molar-refractivity contribution in [1.29, 1.82) is 0 Å². The molecule has 2 saturated heterocycles. The lowest BCUT2D eigenvalue weighted by Gasteiger charge is -2.23. The molecular formula is C24H23ClN2O4. The van der Waals surface area contributed by atoms with E-state index in [9.17, 15) is 9.59 Å². The summed E-state index contributed by atoms with van der Waals surface area (Å²) in [6.45, 7) is 1.19. The number of hydrogen-bond acceptors (Lipinski definition) is 4. The van der Waals surface area contributed by atoms with Gasteiger partial charge in [0.2, 0.25) is 11.8 Å². The van der Waals surface area contributed by atoms with E-state index in [2.05, 4.69) is 5.32 Å². The highest BCUT2D eigenvalue weighted by atomic mass is 35.5. The molecule has 2 bridgehead atoms. The first-order valence-electron chi connectivity index (χ1n) is 10.3. The SMILES string of the molecule is COc1cccc(CNC(=O)C2[C@@H]3C=CC4(CN(Cc5ccccc5Cl)C(=O)[C@H]24)O3)c1. The van der Waals surface area contributed by atoms with Gasteiger partial charge in [-0.15, -0.1) is 0 Å². The molecule has 0 saturated carbocycles. The van der Waals surface area contributed by atoms with Crippen molar-refractivity contribution in [1.82, 2.24) is 10.2 Å². The molecule has 2 fully saturated rings. The average molecular weight is 439 g/mol. The fraction of sp³-hybridized carbons (Fsp3) is 0.333. The Hall–Kier alpha value is -2.83. The van der Waals surface area contributed by atoms with Gasteiger partial charge >= 0.3 is 0 Å². The lowest BCUT2D eigenvalue weighted by molar-refractivity contribution is -0.137. The van der Waals surface area contributed by atoms with Gasteiger partial charge in [-0.25, -0.2) is 0 Å². The zero-order valence-corrected chi connectivity index (χ0v) is 17.8. The monoisotopic (exact) mass is 438 g/mol. The number of nitrogens with one attached hydrogen (secondary N) is 1. The van der Waals surface area contributed by atoms with Crippen LogP contribution in [0.15, 0.2) is 60.7 Å². The van der Waals surface area contributed by atoms with Crippen LogP contribution in [0.2, 0.25) is 5.02 Å². The van der Waals surface area contributed by atoms with Gasteiger partial charge in [0.05, 0.1) is 31.6 Å². The van der Waals surface area contributed by atoms with Crippen LogP contribution in [-0.4, -0.2) is 42.1 Å². The highest BCUT2D eigenvalue weighted by molar-refractivity contribution is 6.31. The summed E-state index contributed by atoms with van der Waals surface area (Å²) in [5, 5.41) is 3.60. The topological polar surface area (TPSA) is 67.9 Å².